The zero-order valence-corrected chi connectivity index (χ0v) is 19.1. The zero-order chi connectivity index (χ0) is 23.4. The number of benzene rings is 1. The standard InChI is InChI=1S/C21H32N4O6S/c1-2-3-14-32(29,30)25-18(20(27)28)15-16-7-9-17(10-8-16)31-13-4-6-19(26)24-21-22-11-5-12-23-21/h7-10,18,25H,2-6,11-15H2,1H3,(H,27,28)(H2,22,23,24,26)/t18-/m0/s1. The summed E-state index contributed by atoms with van der Waals surface area (Å²) in [6.45, 7) is 3.73. The summed E-state index contributed by atoms with van der Waals surface area (Å²) in [5.41, 5.74) is 0.670. The van der Waals surface area contributed by atoms with Gasteiger partial charge in [-0.2, -0.15) is 0 Å². The molecule has 1 aliphatic rings. The van der Waals surface area contributed by atoms with Gasteiger partial charge < -0.3 is 15.2 Å². The number of unbranched alkanes of at least 4 members (excludes halogenated alkanes) is 1. The van der Waals surface area contributed by atoms with E-state index in [1.807, 2.05) is 6.92 Å². The van der Waals surface area contributed by atoms with E-state index < -0.39 is 22.0 Å². The highest BCUT2D eigenvalue weighted by atomic mass is 32.2. The molecule has 1 heterocycles. The van der Waals surface area contributed by atoms with Gasteiger partial charge in [0.15, 0.2) is 5.96 Å². The molecule has 0 saturated heterocycles. The number of aliphatic carboxylic acids is 1. The maximum Gasteiger partial charge on any atom is 0.322 e. The van der Waals surface area contributed by atoms with Crippen LogP contribution in [0, 0.1) is 0 Å². The Labute approximate surface area is 188 Å². The Hall–Kier alpha value is -2.66. The number of guanidine groups is 1. The molecule has 0 radical (unpaired) electrons. The number of nitrogens with zero attached hydrogens (tertiary/aromatic N) is 1. The number of aliphatic imine (C=N–C) groups is 1. The van der Waals surface area contributed by atoms with Crippen molar-refractivity contribution in [3.8, 4) is 5.75 Å². The minimum absolute atomic E-state index is 0.0268. The van der Waals surface area contributed by atoms with Crippen molar-refractivity contribution in [2.24, 2.45) is 4.99 Å². The van der Waals surface area contributed by atoms with Gasteiger partial charge in [-0.15, -0.1) is 0 Å². The first-order chi connectivity index (χ1) is 15.3. The molecular formula is C21H32N4O6S. The predicted octanol–water partition coefficient (Wildman–Crippen LogP) is 1.03. The van der Waals surface area contributed by atoms with Crippen molar-refractivity contribution in [2.45, 2.75) is 51.5 Å². The normalized spacial score (nSPS) is 14.7. The molecule has 1 aliphatic heterocycles. The zero-order valence-electron chi connectivity index (χ0n) is 18.3. The van der Waals surface area contributed by atoms with Gasteiger partial charge >= 0.3 is 5.97 Å². The van der Waals surface area contributed by atoms with Gasteiger partial charge in [0, 0.05) is 19.5 Å². The van der Waals surface area contributed by atoms with Gasteiger partial charge in [-0.25, -0.2) is 13.1 Å². The molecule has 0 aromatic heterocycles. The van der Waals surface area contributed by atoms with Crippen LogP contribution >= 0.6 is 0 Å². The molecule has 11 heteroatoms. The van der Waals surface area contributed by atoms with E-state index in [-0.39, 0.29) is 18.1 Å². The number of sulfonamides is 1. The third-order valence-corrected chi connectivity index (χ3v) is 6.19. The first kappa shape index (κ1) is 25.6. The first-order valence-electron chi connectivity index (χ1n) is 10.8. The van der Waals surface area contributed by atoms with Gasteiger partial charge in [0.25, 0.3) is 0 Å². The number of hydrogen-bond acceptors (Lipinski definition) is 7. The Balaban J connectivity index is 1.76. The van der Waals surface area contributed by atoms with E-state index in [0.29, 0.717) is 56.1 Å². The topological polar surface area (TPSA) is 146 Å². The minimum Gasteiger partial charge on any atom is -0.494 e. The Morgan fingerprint density at radius 2 is 2.00 bits per heavy atom. The van der Waals surface area contributed by atoms with Crippen molar-refractivity contribution in [3.05, 3.63) is 29.8 Å². The number of nitrogens with one attached hydrogen (secondary N) is 3. The average Bonchev–Trinajstić information content (AvgIpc) is 2.76. The van der Waals surface area contributed by atoms with Crippen LogP contribution in [-0.4, -0.2) is 62.9 Å². The molecule has 0 spiro atoms. The molecule has 2 rings (SSSR count). The number of ether oxygens (including phenoxy) is 1. The monoisotopic (exact) mass is 468 g/mol. The van der Waals surface area contributed by atoms with Gasteiger partial charge in [-0.3, -0.25) is 19.9 Å². The number of carboxylic acids is 1. The van der Waals surface area contributed by atoms with Gasteiger partial charge in [0.05, 0.1) is 12.4 Å². The van der Waals surface area contributed by atoms with Gasteiger partial charge in [-0.1, -0.05) is 25.5 Å². The number of carbonyl (C=O) groups excluding carboxylic acids is 1. The summed E-state index contributed by atoms with van der Waals surface area (Å²) in [6, 6.07) is 5.56. The largest absolute Gasteiger partial charge is 0.494 e. The third kappa shape index (κ3) is 9.65. The second kappa shape index (κ2) is 13.0. The highest BCUT2D eigenvalue weighted by Crippen LogP contribution is 2.14. The van der Waals surface area contributed by atoms with Crippen molar-refractivity contribution in [2.75, 3.05) is 25.4 Å². The van der Waals surface area contributed by atoms with Crippen LogP contribution in [0.5, 0.6) is 5.75 Å². The molecule has 32 heavy (non-hydrogen) atoms. The lowest BCUT2D eigenvalue weighted by Gasteiger charge is -2.15. The van der Waals surface area contributed by atoms with Crippen molar-refractivity contribution >= 4 is 27.9 Å². The van der Waals surface area contributed by atoms with Crippen molar-refractivity contribution in [3.63, 3.8) is 0 Å². The molecule has 0 aliphatic carbocycles. The molecule has 0 saturated carbocycles. The van der Waals surface area contributed by atoms with Crippen LogP contribution in [0.2, 0.25) is 0 Å². The number of hydrogen-bond donors (Lipinski definition) is 4. The van der Waals surface area contributed by atoms with E-state index in [1.54, 1.807) is 24.3 Å². The van der Waals surface area contributed by atoms with Crippen LogP contribution in [0.4, 0.5) is 0 Å². The van der Waals surface area contributed by atoms with E-state index in [2.05, 4.69) is 20.3 Å². The molecule has 4 N–H and O–H groups in total. The number of rotatable bonds is 13. The lowest BCUT2D eigenvalue weighted by atomic mass is 10.1. The Kier molecular flexibility index (Phi) is 10.4. The molecule has 0 fully saturated rings. The number of carbonyl (C=O) groups is 2. The van der Waals surface area contributed by atoms with Gasteiger partial charge in [-0.05, 0) is 43.4 Å². The Morgan fingerprint density at radius 1 is 1.25 bits per heavy atom. The maximum absolute atomic E-state index is 12.0. The van der Waals surface area contributed by atoms with Crippen molar-refractivity contribution in [1.29, 1.82) is 0 Å². The highest BCUT2D eigenvalue weighted by Gasteiger charge is 2.24. The summed E-state index contributed by atoms with van der Waals surface area (Å²) in [6.07, 6.45) is 2.99. The maximum atomic E-state index is 12.0. The Morgan fingerprint density at radius 3 is 2.62 bits per heavy atom. The van der Waals surface area contributed by atoms with Gasteiger partial charge in [0.2, 0.25) is 15.9 Å². The molecule has 10 nitrogen and oxygen atoms in total. The van der Waals surface area contributed by atoms with Crippen molar-refractivity contribution in [1.82, 2.24) is 15.4 Å². The predicted molar refractivity (Wildman–Crippen MR) is 121 cm³/mol. The van der Waals surface area contributed by atoms with Crippen LogP contribution in [0.3, 0.4) is 0 Å². The highest BCUT2D eigenvalue weighted by molar-refractivity contribution is 7.89. The summed E-state index contributed by atoms with van der Waals surface area (Å²) in [4.78, 5) is 27.6. The van der Waals surface area contributed by atoms with Crippen LogP contribution < -0.4 is 20.1 Å². The quantitative estimate of drug-likeness (QED) is 0.316. The van der Waals surface area contributed by atoms with Gasteiger partial charge in [0.1, 0.15) is 11.8 Å². The summed E-state index contributed by atoms with van der Waals surface area (Å²) in [5, 5.41) is 15.1. The number of amides is 1. The molecule has 1 amide bonds. The van der Waals surface area contributed by atoms with Crippen LogP contribution in [0.15, 0.2) is 29.3 Å². The fourth-order valence-corrected chi connectivity index (χ4v) is 4.38. The SMILES string of the molecule is CCCCS(=O)(=O)N[C@@H](Cc1ccc(OCCCC(=O)NC2=NCCCN2)cc1)C(=O)O. The molecule has 1 aromatic rings. The third-order valence-electron chi connectivity index (χ3n) is 4.72. The summed E-state index contributed by atoms with van der Waals surface area (Å²) >= 11 is 0. The summed E-state index contributed by atoms with van der Waals surface area (Å²) in [7, 11) is -3.65. The van der Waals surface area contributed by atoms with Crippen LogP contribution in [0.25, 0.3) is 0 Å². The van der Waals surface area contributed by atoms with E-state index in [4.69, 9.17) is 4.74 Å². The second-order valence-electron chi connectivity index (χ2n) is 7.54. The van der Waals surface area contributed by atoms with E-state index in [9.17, 15) is 23.1 Å². The Bertz CT molecular complexity index is 886. The molecule has 1 atom stereocenters. The average molecular weight is 469 g/mol. The first-order valence-corrected chi connectivity index (χ1v) is 12.5. The van der Waals surface area contributed by atoms with Crippen LogP contribution in [-0.2, 0) is 26.0 Å². The summed E-state index contributed by atoms with van der Waals surface area (Å²) in [5.74, 6) is -0.341. The second-order valence-corrected chi connectivity index (χ2v) is 9.41. The fraction of sp³-hybridized carbons (Fsp3) is 0.571. The van der Waals surface area contributed by atoms with E-state index in [1.165, 1.54) is 0 Å². The number of carboxylic acid groups (broad SMARTS) is 1. The van der Waals surface area contributed by atoms with E-state index in [0.717, 1.165) is 13.0 Å². The molecule has 0 unspecified atom stereocenters. The molecule has 178 valence electrons. The van der Waals surface area contributed by atoms with E-state index >= 15 is 0 Å². The lowest BCUT2D eigenvalue weighted by molar-refractivity contribution is -0.138. The van der Waals surface area contributed by atoms with Crippen molar-refractivity contribution < 1.29 is 27.9 Å². The molecular weight excluding hydrogens is 436 g/mol. The fourth-order valence-electron chi connectivity index (χ4n) is 2.98. The smallest absolute Gasteiger partial charge is 0.322 e. The van der Waals surface area contributed by atoms with Crippen LogP contribution in [0.1, 0.15) is 44.6 Å². The molecule has 1 aromatic carbocycles. The lowest BCUT2D eigenvalue weighted by Crippen LogP contribution is -2.43. The molecule has 0 bridgehead atoms. The minimum atomic E-state index is -3.65. The summed E-state index contributed by atoms with van der Waals surface area (Å²) < 4.78 is 31.9.